The van der Waals surface area contributed by atoms with Gasteiger partial charge < -0.3 is 0 Å². The largest absolute Gasteiger partial charge is 0.298 e. The quantitative estimate of drug-likeness (QED) is 0.695. The highest BCUT2D eigenvalue weighted by atomic mass is 79.9. The minimum Gasteiger partial charge on any atom is -0.298 e. The normalized spacial score (nSPS) is 10.7. The van der Waals surface area contributed by atoms with E-state index in [4.69, 9.17) is 11.6 Å². The van der Waals surface area contributed by atoms with E-state index in [1.807, 2.05) is 24.3 Å². The first-order chi connectivity index (χ1) is 9.61. The summed E-state index contributed by atoms with van der Waals surface area (Å²) in [5.74, 6) is -0.184. The number of amides is 1. The fourth-order valence-electron chi connectivity index (χ4n) is 1.75. The van der Waals surface area contributed by atoms with Gasteiger partial charge in [0.25, 0.3) is 5.91 Å². The summed E-state index contributed by atoms with van der Waals surface area (Å²) in [6.45, 7) is 0. The average molecular weight is 368 g/mol. The van der Waals surface area contributed by atoms with Crippen LogP contribution in [0.3, 0.4) is 0 Å². The molecule has 0 unspecified atom stereocenters. The first-order valence-electron chi connectivity index (χ1n) is 5.75. The van der Waals surface area contributed by atoms with Crippen LogP contribution < -0.4 is 5.32 Å². The number of thiazole rings is 1. The number of carbonyl (C=O) groups is 1. The first-order valence-corrected chi connectivity index (χ1v) is 7.73. The van der Waals surface area contributed by atoms with E-state index in [0.29, 0.717) is 15.7 Å². The molecule has 1 amide bonds. The maximum atomic E-state index is 12.1. The van der Waals surface area contributed by atoms with Crippen LogP contribution in [0, 0.1) is 0 Å². The zero-order chi connectivity index (χ0) is 14.1. The molecule has 0 saturated heterocycles. The van der Waals surface area contributed by atoms with E-state index in [-0.39, 0.29) is 5.91 Å². The molecule has 3 aromatic rings. The number of hydrogen-bond donors (Lipinski definition) is 1. The summed E-state index contributed by atoms with van der Waals surface area (Å²) < 4.78 is 1.81. The summed E-state index contributed by atoms with van der Waals surface area (Å²) in [5, 5.41) is 4.02. The van der Waals surface area contributed by atoms with Crippen LogP contribution in [0.2, 0.25) is 5.02 Å². The van der Waals surface area contributed by atoms with Crippen molar-refractivity contribution in [3.8, 4) is 0 Å². The van der Waals surface area contributed by atoms with Gasteiger partial charge in [-0.3, -0.25) is 10.1 Å². The van der Waals surface area contributed by atoms with Gasteiger partial charge >= 0.3 is 0 Å². The van der Waals surface area contributed by atoms with Gasteiger partial charge in [0.1, 0.15) is 0 Å². The summed E-state index contributed by atoms with van der Waals surface area (Å²) in [6.07, 6.45) is 0. The van der Waals surface area contributed by atoms with Crippen molar-refractivity contribution in [2.75, 3.05) is 5.32 Å². The standard InChI is InChI=1S/C14H8BrClN2OS/c15-9-3-1-2-8(6-9)13(19)18-14-17-11-5-4-10(16)7-12(11)20-14/h1-7H,(H,17,18,19). The van der Waals surface area contributed by atoms with Crippen molar-refractivity contribution in [1.29, 1.82) is 0 Å². The predicted octanol–water partition coefficient (Wildman–Crippen LogP) is 4.96. The number of carbonyl (C=O) groups excluding carboxylic acids is 1. The zero-order valence-electron chi connectivity index (χ0n) is 10.1. The van der Waals surface area contributed by atoms with Crippen LogP contribution in [0.15, 0.2) is 46.9 Å². The molecule has 1 aromatic heterocycles. The van der Waals surface area contributed by atoms with Crippen molar-refractivity contribution in [2.24, 2.45) is 0 Å². The first kappa shape index (κ1) is 13.5. The number of nitrogens with zero attached hydrogens (tertiary/aromatic N) is 1. The maximum Gasteiger partial charge on any atom is 0.257 e. The molecule has 0 bridgehead atoms. The SMILES string of the molecule is O=C(Nc1nc2ccc(Cl)cc2s1)c1cccc(Br)c1. The van der Waals surface area contributed by atoms with Gasteiger partial charge in [-0.1, -0.05) is 44.9 Å². The molecule has 0 atom stereocenters. The number of rotatable bonds is 2. The molecule has 0 aliphatic rings. The Morgan fingerprint density at radius 2 is 2.10 bits per heavy atom. The Morgan fingerprint density at radius 1 is 1.25 bits per heavy atom. The highest BCUT2D eigenvalue weighted by molar-refractivity contribution is 9.10. The minimum absolute atomic E-state index is 0.184. The van der Waals surface area contributed by atoms with Crippen LogP contribution in [-0.2, 0) is 0 Å². The molecule has 0 aliphatic heterocycles. The van der Waals surface area contributed by atoms with E-state index in [1.165, 1.54) is 11.3 Å². The van der Waals surface area contributed by atoms with E-state index in [9.17, 15) is 4.79 Å². The lowest BCUT2D eigenvalue weighted by Gasteiger charge is -2.01. The van der Waals surface area contributed by atoms with Gasteiger partial charge in [-0.2, -0.15) is 0 Å². The van der Waals surface area contributed by atoms with Crippen LogP contribution >= 0.6 is 38.9 Å². The number of fused-ring (bicyclic) bond motifs is 1. The predicted molar refractivity (Wildman–Crippen MR) is 86.7 cm³/mol. The molecule has 3 nitrogen and oxygen atoms in total. The molecule has 20 heavy (non-hydrogen) atoms. The Kier molecular flexibility index (Phi) is 3.74. The monoisotopic (exact) mass is 366 g/mol. The van der Waals surface area contributed by atoms with Crippen LogP contribution in [0.4, 0.5) is 5.13 Å². The molecule has 1 heterocycles. The van der Waals surface area contributed by atoms with E-state index < -0.39 is 0 Å². The Morgan fingerprint density at radius 3 is 2.90 bits per heavy atom. The zero-order valence-corrected chi connectivity index (χ0v) is 13.2. The summed E-state index contributed by atoms with van der Waals surface area (Å²) in [7, 11) is 0. The molecule has 0 saturated carbocycles. The molecular formula is C14H8BrClN2OS. The molecule has 3 rings (SSSR count). The summed E-state index contributed by atoms with van der Waals surface area (Å²) in [6, 6.07) is 12.7. The van der Waals surface area contributed by atoms with Crippen molar-refractivity contribution in [2.45, 2.75) is 0 Å². The van der Waals surface area contributed by atoms with E-state index in [0.717, 1.165) is 14.7 Å². The van der Waals surface area contributed by atoms with Gasteiger partial charge in [0.2, 0.25) is 0 Å². The van der Waals surface area contributed by atoms with Crippen molar-refractivity contribution in [3.63, 3.8) is 0 Å². The molecule has 0 radical (unpaired) electrons. The Balaban J connectivity index is 1.87. The topological polar surface area (TPSA) is 42.0 Å². The van der Waals surface area contributed by atoms with Crippen LogP contribution in [0.25, 0.3) is 10.2 Å². The summed E-state index contributed by atoms with van der Waals surface area (Å²) in [4.78, 5) is 16.5. The number of halogens is 2. The van der Waals surface area contributed by atoms with Crippen molar-refractivity contribution in [1.82, 2.24) is 4.98 Å². The number of anilines is 1. The lowest BCUT2D eigenvalue weighted by Crippen LogP contribution is -2.11. The molecular weight excluding hydrogens is 360 g/mol. The Bertz CT molecular complexity index is 803. The van der Waals surface area contributed by atoms with Gasteiger partial charge in [-0.15, -0.1) is 0 Å². The smallest absolute Gasteiger partial charge is 0.257 e. The van der Waals surface area contributed by atoms with Gasteiger partial charge in [0.15, 0.2) is 5.13 Å². The number of nitrogens with one attached hydrogen (secondary N) is 1. The molecule has 2 aromatic carbocycles. The Labute approximate surface area is 132 Å². The van der Waals surface area contributed by atoms with E-state index in [2.05, 4.69) is 26.2 Å². The summed E-state index contributed by atoms with van der Waals surface area (Å²) in [5.41, 5.74) is 1.40. The molecule has 0 spiro atoms. The van der Waals surface area contributed by atoms with Crippen LogP contribution in [-0.4, -0.2) is 10.9 Å². The Hall–Kier alpha value is -1.43. The second kappa shape index (κ2) is 5.52. The third-order valence-corrected chi connectivity index (χ3v) is 4.32. The average Bonchev–Trinajstić information content (AvgIpc) is 2.80. The number of hydrogen-bond acceptors (Lipinski definition) is 3. The highest BCUT2D eigenvalue weighted by Crippen LogP contribution is 2.28. The van der Waals surface area contributed by atoms with Crippen molar-refractivity contribution >= 4 is 60.1 Å². The highest BCUT2D eigenvalue weighted by Gasteiger charge is 2.10. The van der Waals surface area contributed by atoms with Crippen molar-refractivity contribution in [3.05, 3.63) is 57.5 Å². The van der Waals surface area contributed by atoms with Crippen molar-refractivity contribution < 1.29 is 4.79 Å². The number of benzene rings is 2. The van der Waals surface area contributed by atoms with Crippen LogP contribution in [0.5, 0.6) is 0 Å². The van der Waals surface area contributed by atoms with Gasteiger partial charge in [0.05, 0.1) is 10.2 Å². The molecule has 1 N–H and O–H groups in total. The third-order valence-electron chi connectivity index (χ3n) is 2.66. The summed E-state index contributed by atoms with van der Waals surface area (Å²) >= 11 is 10.7. The van der Waals surface area contributed by atoms with Gasteiger partial charge in [-0.25, -0.2) is 4.98 Å². The fourth-order valence-corrected chi connectivity index (χ4v) is 3.29. The fraction of sp³-hybridized carbons (Fsp3) is 0. The van der Waals surface area contributed by atoms with Gasteiger partial charge in [-0.05, 0) is 36.4 Å². The van der Waals surface area contributed by atoms with E-state index >= 15 is 0 Å². The second-order valence-electron chi connectivity index (χ2n) is 4.10. The molecule has 0 aliphatic carbocycles. The lowest BCUT2D eigenvalue weighted by atomic mass is 10.2. The van der Waals surface area contributed by atoms with Crippen LogP contribution in [0.1, 0.15) is 10.4 Å². The second-order valence-corrected chi connectivity index (χ2v) is 6.48. The lowest BCUT2D eigenvalue weighted by molar-refractivity contribution is 0.102. The van der Waals surface area contributed by atoms with Gasteiger partial charge in [0, 0.05) is 15.1 Å². The minimum atomic E-state index is -0.184. The molecule has 100 valence electrons. The molecule has 6 heteroatoms. The maximum absolute atomic E-state index is 12.1. The number of aromatic nitrogens is 1. The molecule has 0 fully saturated rings. The van der Waals surface area contributed by atoms with E-state index in [1.54, 1.807) is 18.2 Å². The third kappa shape index (κ3) is 2.85.